The molecular weight excluding hydrogens is 456 g/mol. The fourth-order valence-corrected chi connectivity index (χ4v) is 5.79. The van der Waals surface area contributed by atoms with Crippen LogP contribution in [0.1, 0.15) is 31.2 Å². The lowest BCUT2D eigenvalue weighted by Gasteiger charge is -2.40. The Hall–Kier alpha value is -3.23. The van der Waals surface area contributed by atoms with Crippen LogP contribution in [0.25, 0.3) is 11.0 Å². The highest BCUT2D eigenvalue weighted by Crippen LogP contribution is 2.32. The standard InChI is InChI=1S/C28H32N4O4/c33-26(30-15-12-28(13-16-30)35-17-18-36-28)22-9-6-14-31(20-22)25-27(34)32(19-21-7-2-1-3-8-21)24-11-5-4-10-23(24)29-25/h1-5,7-8,10-11,22H,6,9,12-20H2/t22-/m1/s1. The topological polar surface area (TPSA) is 76.9 Å². The predicted octanol–water partition coefficient (Wildman–Crippen LogP) is 3.03. The molecule has 3 aliphatic heterocycles. The molecule has 4 heterocycles. The molecule has 3 fully saturated rings. The summed E-state index contributed by atoms with van der Waals surface area (Å²) in [6.07, 6.45) is 3.11. The first kappa shape index (κ1) is 23.2. The zero-order valence-electron chi connectivity index (χ0n) is 20.5. The third kappa shape index (κ3) is 4.40. The summed E-state index contributed by atoms with van der Waals surface area (Å²) >= 11 is 0. The van der Waals surface area contributed by atoms with Gasteiger partial charge in [-0.05, 0) is 30.5 Å². The molecule has 1 spiro atoms. The van der Waals surface area contributed by atoms with Crippen molar-refractivity contribution in [2.45, 2.75) is 38.0 Å². The number of anilines is 1. The maximum atomic E-state index is 13.7. The molecule has 0 aliphatic carbocycles. The van der Waals surface area contributed by atoms with Crippen molar-refractivity contribution >= 4 is 22.8 Å². The number of benzene rings is 2. The van der Waals surface area contributed by atoms with Gasteiger partial charge in [0.1, 0.15) is 0 Å². The number of rotatable bonds is 4. The predicted molar refractivity (Wildman–Crippen MR) is 137 cm³/mol. The van der Waals surface area contributed by atoms with Crippen molar-refractivity contribution in [2.24, 2.45) is 5.92 Å². The van der Waals surface area contributed by atoms with E-state index in [0.717, 1.165) is 36.0 Å². The average molecular weight is 489 g/mol. The van der Waals surface area contributed by atoms with Crippen LogP contribution in [0, 0.1) is 5.92 Å². The Morgan fingerprint density at radius 1 is 0.972 bits per heavy atom. The molecule has 0 saturated carbocycles. The smallest absolute Gasteiger partial charge is 0.294 e. The first-order valence-electron chi connectivity index (χ1n) is 13.0. The molecule has 3 aliphatic rings. The van der Waals surface area contributed by atoms with Gasteiger partial charge >= 0.3 is 0 Å². The van der Waals surface area contributed by atoms with E-state index in [0.29, 0.717) is 58.1 Å². The molecule has 36 heavy (non-hydrogen) atoms. The Bertz CT molecular complexity index is 1290. The molecule has 0 N–H and O–H groups in total. The van der Waals surface area contributed by atoms with Gasteiger partial charge in [-0.3, -0.25) is 14.2 Å². The Kier molecular flexibility index (Phi) is 6.23. The SMILES string of the molecule is O=C([C@@H]1CCCN(c2nc3ccccc3n(Cc3ccccc3)c2=O)C1)N1CCC2(CC1)OCCO2. The van der Waals surface area contributed by atoms with Crippen molar-refractivity contribution in [2.75, 3.05) is 44.3 Å². The van der Waals surface area contributed by atoms with E-state index in [1.54, 1.807) is 0 Å². The average Bonchev–Trinajstić information content (AvgIpc) is 3.38. The summed E-state index contributed by atoms with van der Waals surface area (Å²) in [6.45, 7) is 4.27. The monoisotopic (exact) mass is 488 g/mol. The Morgan fingerprint density at radius 2 is 1.69 bits per heavy atom. The minimum absolute atomic E-state index is 0.110. The quantitative estimate of drug-likeness (QED) is 0.562. The first-order valence-corrected chi connectivity index (χ1v) is 13.0. The van der Waals surface area contributed by atoms with E-state index in [1.807, 2.05) is 69.0 Å². The van der Waals surface area contributed by atoms with Crippen molar-refractivity contribution < 1.29 is 14.3 Å². The van der Waals surface area contributed by atoms with Crippen LogP contribution >= 0.6 is 0 Å². The number of hydrogen-bond acceptors (Lipinski definition) is 6. The number of para-hydroxylation sites is 2. The molecule has 188 valence electrons. The van der Waals surface area contributed by atoms with Gasteiger partial charge in [-0.2, -0.15) is 0 Å². The summed E-state index contributed by atoms with van der Waals surface area (Å²) in [4.78, 5) is 36.0. The fourth-order valence-electron chi connectivity index (χ4n) is 5.79. The minimum atomic E-state index is -0.492. The summed E-state index contributed by atoms with van der Waals surface area (Å²) < 4.78 is 13.4. The second-order valence-electron chi connectivity index (χ2n) is 10.0. The molecule has 8 nitrogen and oxygen atoms in total. The molecule has 2 aromatic carbocycles. The molecule has 0 unspecified atom stereocenters. The van der Waals surface area contributed by atoms with Crippen LogP contribution in [0.4, 0.5) is 5.82 Å². The number of fused-ring (bicyclic) bond motifs is 1. The Morgan fingerprint density at radius 3 is 2.47 bits per heavy atom. The maximum absolute atomic E-state index is 13.7. The number of ether oxygens (including phenoxy) is 2. The Balaban J connectivity index is 1.24. The lowest BCUT2D eigenvalue weighted by Crippen LogP contribution is -2.51. The van der Waals surface area contributed by atoms with Gasteiger partial charge in [0.05, 0.1) is 36.7 Å². The number of carbonyl (C=O) groups excluding carboxylic acids is 1. The highest BCUT2D eigenvalue weighted by molar-refractivity contribution is 5.80. The van der Waals surface area contributed by atoms with E-state index in [1.165, 1.54) is 0 Å². The van der Waals surface area contributed by atoms with E-state index in [-0.39, 0.29) is 17.4 Å². The minimum Gasteiger partial charge on any atom is -0.351 e. The molecule has 3 aromatic rings. The van der Waals surface area contributed by atoms with Crippen molar-refractivity contribution in [1.82, 2.24) is 14.5 Å². The molecular formula is C28H32N4O4. The van der Waals surface area contributed by atoms with Crippen molar-refractivity contribution in [3.63, 3.8) is 0 Å². The van der Waals surface area contributed by atoms with E-state index < -0.39 is 5.79 Å². The van der Waals surface area contributed by atoms with E-state index in [4.69, 9.17) is 14.5 Å². The maximum Gasteiger partial charge on any atom is 0.294 e. The zero-order chi connectivity index (χ0) is 24.5. The van der Waals surface area contributed by atoms with Crippen LogP contribution in [0.3, 0.4) is 0 Å². The van der Waals surface area contributed by atoms with Crippen LogP contribution in [0.15, 0.2) is 59.4 Å². The van der Waals surface area contributed by atoms with Crippen molar-refractivity contribution in [1.29, 1.82) is 0 Å². The Labute approximate surface area is 210 Å². The van der Waals surface area contributed by atoms with Gasteiger partial charge in [-0.15, -0.1) is 0 Å². The third-order valence-electron chi connectivity index (χ3n) is 7.74. The van der Waals surface area contributed by atoms with Gasteiger partial charge in [-0.25, -0.2) is 4.98 Å². The normalized spacial score (nSPS) is 21.8. The van der Waals surface area contributed by atoms with Crippen LogP contribution in [0.5, 0.6) is 0 Å². The second-order valence-corrected chi connectivity index (χ2v) is 10.0. The van der Waals surface area contributed by atoms with E-state index in [2.05, 4.69) is 0 Å². The molecule has 1 amide bonds. The molecule has 6 rings (SSSR count). The van der Waals surface area contributed by atoms with Gasteiger partial charge in [0.15, 0.2) is 11.6 Å². The number of aromatic nitrogens is 2. The fraction of sp³-hybridized carbons (Fsp3) is 0.464. The van der Waals surface area contributed by atoms with Crippen LogP contribution in [0.2, 0.25) is 0 Å². The summed E-state index contributed by atoms with van der Waals surface area (Å²) in [5.74, 6) is -0.0345. The number of piperidine rings is 2. The first-order chi connectivity index (χ1) is 17.6. The number of hydrogen-bond donors (Lipinski definition) is 0. The molecule has 0 bridgehead atoms. The second kappa shape index (κ2) is 9.67. The van der Waals surface area contributed by atoms with Crippen LogP contribution in [-0.2, 0) is 20.8 Å². The molecule has 8 heteroatoms. The molecule has 1 aromatic heterocycles. The van der Waals surface area contributed by atoms with E-state index in [9.17, 15) is 9.59 Å². The van der Waals surface area contributed by atoms with Gasteiger partial charge < -0.3 is 19.3 Å². The van der Waals surface area contributed by atoms with Gasteiger partial charge in [0.2, 0.25) is 5.91 Å². The number of amides is 1. The highest BCUT2D eigenvalue weighted by Gasteiger charge is 2.42. The summed E-state index contributed by atoms with van der Waals surface area (Å²) in [7, 11) is 0. The summed E-state index contributed by atoms with van der Waals surface area (Å²) in [5, 5.41) is 0. The lowest BCUT2D eigenvalue weighted by atomic mass is 9.94. The lowest BCUT2D eigenvalue weighted by molar-refractivity contribution is -0.188. The van der Waals surface area contributed by atoms with Crippen LogP contribution < -0.4 is 10.5 Å². The number of likely N-dealkylation sites (tertiary alicyclic amines) is 1. The van der Waals surface area contributed by atoms with Gasteiger partial charge in [0, 0.05) is 39.0 Å². The summed E-state index contributed by atoms with van der Waals surface area (Å²) in [6, 6.07) is 17.8. The van der Waals surface area contributed by atoms with E-state index >= 15 is 0 Å². The summed E-state index contributed by atoms with van der Waals surface area (Å²) in [5.41, 5.74) is 2.56. The molecule has 3 saturated heterocycles. The zero-order valence-corrected chi connectivity index (χ0v) is 20.5. The van der Waals surface area contributed by atoms with Gasteiger partial charge in [0.25, 0.3) is 5.56 Å². The number of nitrogens with zero attached hydrogens (tertiary/aromatic N) is 4. The van der Waals surface area contributed by atoms with Crippen molar-refractivity contribution in [3.05, 3.63) is 70.5 Å². The number of carbonyl (C=O) groups is 1. The van der Waals surface area contributed by atoms with Crippen LogP contribution in [-0.4, -0.2) is 65.5 Å². The van der Waals surface area contributed by atoms with Gasteiger partial charge in [-0.1, -0.05) is 42.5 Å². The van der Waals surface area contributed by atoms with Crippen molar-refractivity contribution in [3.8, 4) is 0 Å². The highest BCUT2D eigenvalue weighted by atomic mass is 16.7. The largest absolute Gasteiger partial charge is 0.351 e. The molecule has 0 radical (unpaired) electrons. The molecule has 1 atom stereocenters. The third-order valence-corrected chi connectivity index (χ3v) is 7.74.